The molecule has 0 fully saturated rings. The molecular weight excluding hydrogens is 248 g/mol. The monoisotopic (exact) mass is 261 g/mol. The minimum atomic E-state index is -1.48. The topological polar surface area (TPSA) is 46.2 Å². The lowest BCUT2D eigenvalue weighted by Gasteiger charge is -2.25. The van der Waals surface area contributed by atoms with Crippen LogP contribution < -0.4 is 5.73 Å². The second-order valence-electron chi connectivity index (χ2n) is 4.90. The van der Waals surface area contributed by atoms with E-state index >= 15 is 0 Å². The number of aryl methyl sites for hydroxylation is 1. The van der Waals surface area contributed by atoms with Crippen molar-refractivity contribution in [3.63, 3.8) is 0 Å². The van der Waals surface area contributed by atoms with Crippen LogP contribution in [0.3, 0.4) is 0 Å². The lowest BCUT2D eigenvalue weighted by Crippen LogP contribution is -2.25. The van der Waals surface area contributed by atoms with Crippen LogP contribution in [0.4, 0.5) is 14.5 Å². The van der Waals surface area contributed by atoms with E-state index in [0.717, 1.165) is 23.8 Å². The maximum absolute atomic E-state index is 13.9. The molecule has 0 radical (unpaired) electrons. The Morgan fingerprint density at radius 2 is 1.84 bits per heavy atom. The van der Waals surface area contributed by atoms with E-state index in [-0.39, 0.29) is 5.56 Å². The molecule has 3 N–H and O–H groups in total. The number of aliphatic hydroxyl groups is 1. The Hall–Kier alpha value is -1.94. The van der Waals surface area contributed by atoms with Gasteiger partial charge in [-0.15, -0.1) is 0 Å². The predicted molar refractivity (Wildman–Crippen MR) is 68.5 cm³/mol. The summed E-state index contributed by atoms with van der Waals surface area (Å²) in [6.07, 6.45) is 0.916. The Balaban J connectivity index is 2.19. The van der Waals surface area contributed by atoms with Crippen molar-refractivity contribution in [1.82, 2.24) is 0 Å². The van der Waals surface area contributed by atoms with E-state index in [1.807, 2.05) is 0 Å². The first kappa shape index (κ1) is 12.1. The lowest BCUT2D eigenvalue weighted by molar-refractivity contribution is 0.0785. The number of hydrogen-bond donors (Lipinski definition) is 2. The summed E-state index contributed by atoms with van der Waals surface area (Å²) in [7, 11) is 0. The summed E-state index contributed by atoms with van der Waals surface area (Å²) in [6, 6.07) is 8.25. The van der Waals surface area contributed by atoms with Gasteiger partial charge in [0.1, 0.15) is 17.2 Å². The Labute approximate surface area is 109 Å². The van der Waals surface area contributed by atoms with E-state index in [9.17, 15) is 13.9 Å². The van der Waals surface area contributed by atoms with Crippen LogP contribution in [0.15, 0.2) is 36.4 Å². The van der Waals surface area contributed by atoms with Gasteiger partial charge in [0.05, 0.1) is 0 Å². The summed E-state index contributed by atoms with van der Waals surface area (Å²) in [6.45, 7) is 0. The van der Waals surface area contributed by atoms with Crippen molar-refractivity contribution in [1.29, 1.82) is 0 Å². The summed E-state index contributed by atoms with van der Waals surface area (Å²) >= 11 is 0. The summed E-state index contributed by atoms with van der Waals surface area (Å²) in [4.78, 5) is 0. The second-order valence-corrected chi connectivity index (χ2v) is 4.90. The smallest absolute Gasteiger partial charge is 0.129 e. The van der Waals surface area contributed by atoms with Gasteiger partial charge in [-0.05, 0) is 54.3 Å². The zero-order valence-corrected chi connectivity index (χ0v) is 10.2. The first-order valence-electron chi connectivity index (χ1n) is 6.07. The number of anilines is 1. The maximum Gasteiger partial charge on any atom is 0.129 e. The molecule has 0 aromatic heterocycles. The van der Waals surface area contributed by atoms with Crippen molar-refractivity contribution in [3.8, 4) is 0 Å². The normalized spacial score (nSPS) is 21.4. The molecule has 0 saturated carbocycles. The summed E-state index contributed by atoms with van der Waals surface area (Å²) < 4.78 is 27.2. The van der Waals surface area contributed by atoms with Crippen LogP contribution in [0.2, 0.25) is 0 Å². The molecule has 0 aliphatic heterocycles. The van der Waals surface area contributed by atoms with Crippen LogP contribution >= 0.6 is 0 Å². The third-order valence-electron chi connectivity index (χ3n) is 3.70. The van der Waals surface area contributed by atoms with Crippen LogP contribution in [-0.2, 0) is 12.0 Å². The molecular formula is C15H13F2NO. The molecule has 2 aromatic rings. The SMILES string of the molecule is Nc1ccc2c(c1)CCC2(O)c1cc(F)ccc1F. The number of fused-ring (bicyclic) bond motifs is 1. The van der Waals surface area contributed by atoms with Gasteiger partial charge in [0.25, 0.3) is 0 Å². The Morgan fingerprint density at radius 1 is 1.05 bits per heavy atom. The van der Waals surface area contributed by atoms with Gasteiger partial charge < -0.3 is 10.8 Å². The van der Waals surface area contributed by atoms with Gasteiger partial charge in [-0.3, -0.25) is 0 Å². The van der Waals surface area contributed by atoms with Crippen LogP contribution in [0.1, 0.15) is 23.1 Å². The maximum atomic E-state index is 13.9. The fourth-order valence-electron chi connectivity index (χ4n) is 2.77. The van der Waals surface area contributed by atoms with Gasteiger partial charge >= 0.3 is 0 Å². The number of nitrogen functional groups attached to an aromatic ring is 1. The molecule has 2 nitrogen and oxygen atoms in total. The molecule has 1 aliphatic carbocycles. The highest BCUT2D eigenvalue weighted by atomic mass is 19.1. The third-order valence-corrected chi connectivity index (χ3v) is 3.70. The Kier molecular flexibility index (Phi) is 2.57. The van der Waals surface area contributed by atoms with Gasteiger partial charge in [0.2, 0.25) is 0 Å². The van der Waals surface area contributed by atoms with Crippen molar-refractivity contribution in [2.24, 2.45) is 0 Å². The minimum absolute atomic E-state index is 0.0176. The Morgan fingerprint density at radius 3 is 2.63 bits per heavy atom. The zero-order valence-electron chi connectivity index (χ0n) is 10.2. The van der Waals surface area contributed by atoms with Crippen LogP contribution in [0.5, 0.6) is 0 Å². The highest BCUT2D eigenvalue weighted by molar-refractivity contribution is 5.52. The van der Waals surface area contributed by atoms with Gasteiger partial charge in [0.15, 0.2) is 0 Å². The number of hydrogen-bond acceptors (Lipinski definition) is 2. The minimum Gasteiger partial charge on any atom is -0.399 e. The number of rotatable bonds is 1. The molecule has 2 aromatic carbocycles. The average Bonchev–Trinajstić information content (AvgIpc) is 2.70. The quantitative estimate of drug-likeness (QED) is 0.775. The van der Waals surface area contributed by atoms with Crippen molar-refractivity contribution in [2.75, 3.05) is 5.73 Å². The van der Waals surface area contributed by atoms with E-state index in [1.165, 1.54) is 0 Å². The fraction of sp³-hybridized carbons (Fsp3) is 0.200. The molecule has 0 amide bonds. The molecule has 0 heterocycles. The molecule has 1 aliphatic rings. The number of benzene rings is 2. The standard InChI is InChI=1S/C15H13F2NO/c16-10-1-4-14(17)13(8-10)15(19)6-5-9-7-11(18)2-3-12(9)15/h1-4,7-8,19H,5-6,18H2. The summed E-state index contributed by atoms with van der Waals surface area (Å²) in [5, 5.41) is 10.8. The van der Waals surface area contributed by atoms with E-state index in [4.69, 9.17) is 5.73 Å². The van der Waals surface area contributed by atoms with E-state index in [2.05, 4.69) is 0 Å². The van der Waals surface area contributed by atoms with Crippen molar-refractivity contribution < 1.29 is 13.9 Å². The van der Waals surface area contributed by atoms with Crippen LogP contribution in [-0.4, -0.2) is 5.11 Å². The first-order valence-corrected chi connectivity index (χ1v) is 6.07. The van der Waals surface area contributed by atoms with Gasteiger partial charge in [-0.1, -0.05) is 6.07 Å². The molecule has 0 spiro atoms. The molecule has 3 rings (SSSR count). The van der Waals surface area contributed by atoms with Crippen molar-refractivity contribution in [3.05, 3.63) is 64.7 Å². The number of halogens is 2. The van der Waals surface area contributed by atoms with Crippen molar-refractivity contribution >= 4 is 5.69 Å². The average molecular weight is 261 g/mol. The number of nitrogens with two attached hydrogens (primary N) is 1. The molecule has 0 saturated heterocycles. The third kappa shape index (κ3) is 1.79. The van der Waals surface area contributed by atoms with Gasteiger partial charge in [-0.25, -0.2) is 8.78 Å². The fourth-order valence-corrected chi connectivity index (χ4v) is 2.77. The van der Waals surface area contributed by atoms with Crippen molar-refractivity contribution in [2.45, 2.75) is 18.4 Å². The summed E-state index contributed by atoms with van der Waals surface area (Å²) in [5.41, 5.74) is 6.29. The summed E-state index contributed by atoms with van der Waals surface area (Å²) in [5.74, 6) is -1.16. The van der Waals surface area contributed by atoms with E-state index in [0.29, 0.717) is 24.1 Å². The molecule has 1 unspecified atom stereocenters. The molecule has 4 heteroatoms. The zero-order chi connectivity index (χ0) is 13.6. The predicted octanol–water partition coefficient (Wildman–Crippen LogP) is 2.73. The second kappa shape index (κ2) is 4.03. The largest absolute Gasteiger partial charge is 0.399 e. The van der Waals surface area contributed by atoms with Crippen LogP contribution in [0, 0.1) is 11.6 Å². The highest BCUT2D eigenvalue weighted by Crippen LogP contribution is 2.43. The van der Waals surface area contributed by atoms with E-state index < -0.39 is 17.2 Å². The molecule has 0 bridgehead atoms. The van der Waals surface area contributed by atoms with Gasteiger partial charge in [0, 0.05) is 11.3 Å². The lowest BCUT2D eigenvalue weighted by atomic mass is 9.87. The molecule has 98 valence electrons. The van der Waals surface area contributed by atoms with Gasteiger partial charge in [-0.2, -0.15) is 0 Å². The molecule has 1 atom stereocenters. The van der Waals surface area contributed by atoms with Crippen LogP contribution in [0.25, 0.3) is 0 Å². The van der Waals surface area contributed by atoms with E-state index in [1.54, 1.807) is 18.2 Å². The Bertz CT molecular complexity index is 657. The molecule has 19 heavy (non-hydrogen) atoms. The first-order chi connectivity index (χ1) is 9.00. The highest BCUT2D eigenvalue weighted by Gasteiger charge is 2.40.